The van der Waals surface area contributed by atoms with Gasteiger partial charge in [-0.2, -0.15) is 5.26 Å². The van der Waals surface area contributed by atoms with E-state index in [2.05, 4.69) is 0 Å². The van der Waals surface area contributed by atoms with Gasteiger partial charge in [0.2, 0.25) is 0 Å². The topological polar surface area (TPSA) is 44.0 Å². The summed E-state index contributed by atoms with van der Waals surface area (Å²) in [4.78, 5) is 0. The lowest BCUT2D eigenvalue weighted by Gasteiger charge is -1.98. The van der Waals surface area contributed by atoms with Crippen molar-refractivity contribution < 1.29 is 5.11 Å². The second-order valence-electron chi connectivity index (χ2n) is 1.90. The molecule has 0 saturated carbocycles. The maximum atomic E-state index is 9.04. The van der Waals surface area contributed by atoms with Crippen molar-refractivity contribution in [3.05, 3.63) is 27.7 Å². The highest BCUT2D eigenvalue weighted by Crippen LogP contribution is 2.29. The lowest BCUT2D eigenvalue weighted by atomic mass is 10.2. The first-order valence-electron chi connectivity index (χ1n) is 2.73. The van der Waals surface area contributed by atoms with E-state index in [1.165, 1.54) is 12.1 Å². The minimum absolute atomic E-state index is 0.0388. The first-order chi connectivity index (χ1) is 5.15. The van der Waals surface area contributed by atoms with Crippen molar-refractivity contribution in [3.8, 4) is 11.8 Å². The lowest BCUT2D eigenvalue weighted by Crippen LogP contribution is -1.77. The summed E-state index contributed by atoms with van der Waals surface area (Å²) in [5.74, 6) is -0.171. The van der Waals surface area contributed by atoms with Crippen LogP contribution in [0, 0.1) is 11.3 Å². The molecule has 0 aliphatic rings. The van der Waals surface area contributed by atoms with E-state index < -0.39 is 0 Å². The van der Waals surface area contributed by atoms with E-state index in [1.807, 2.05) is 0 Å². The van der Waals surface area contributed by atoms with Crippen LogP contribution in [-0.4, -0.2) is 5.11 Å². The first-order valence-corrected chi connectivity index (χ1v) is 3.49. The molecule has 2 nitrogen and oxygen atoms in total. The molecule has 0 amide bonds. The van der Waals surface area contributed by atoms with Gasteiger partial charge in [-0.1, -0.05) is 23.2 Å². The van der Waals surface area contributed by atoms with E-state index in [0.717, 1.165) is 0 Å². The number of phenolic OH excluding ortho intramolecular Hbond substituents is 1. The van der Waals surface area contributed by atoms with Gasteiger partial charge >= 0.3 is 0 Å². The summed E-state index contributed by atoms with van der Waals surface area (Å²) in [5.41, 5.74) is 0.177. The lowest BCUT2D eigenvalue weighted by molar-refractivity contribution is 0.475. The highest BCUT2D eigenvalue weighted by atomic mass is 35.5. The molecule has 0 saturated heterocycles. The molecule has 1 rings (SSSR count). The third kappa shape index (κ3) is 1.56. The molecule has 11 heavy (non-hydrogen) atoms. The summed E-state index contributed by atoms with van der Waals surface area (Å²) < 4.78 is 0. The van der Waals surface area contributed by atoms with Crippen molar-refractivity contribution in [1.82, 2.24) is 0 Å². The predicted molar refractivity (Wildman–Crippen MR) is 42.8 cm³/mol. The Morgan fingerprint density at radius 1 is 1.36 bits per heavy atom. The monoisotopic (exact) mass is 187 g/mol. The number of rotatable bonds is 0. The van der Waals surface area contributed by atoms with Crippen molar-refractivity contribution >= 4 is 23.2 Å². The standard InChI is InChI=1S/C7H3Cl2NO/c8-5-1-4(3-10)7(9)6(11)2-5/h1-2,11H. The molecule has 0 unspecified atom stereocenters. The van der Waals surface area contributed by atoms with Gasteiger partial charge < -0.3 is 5.11 Å². The van der Waals surface area contributed by atoms with E-state index in [-0.39, 0.29) is 16.3 Å². The maximum Gasteiger partial charge on any atom is 0.137 e. The largest absolute Gasteiger partial charge is 0.506 e. The minimum Gasteiger partial charge on any atom is -0.506 e. The summed E-state index contributed by atoms with van der Waals surface area (Å²) in [6.07, 6.45) is 0. The fourth-order valence-electron chi connectivity index (χ4n) is 0.656. The Morgan fingerprint density at radius 2 is 2.00 bits per heavy atom. The van der Waals surface area contributed by atoms with Crippen LogP contribution in [0.2, 0.25) is 10.0 Å². The number of hydrogen-bond donors (Lipinski definition) is 1. The van der Waals surface area contributed by atoms with Gasteiger partial charge in [0.15, 0.2) is 0 Å². The average molecular weight is 188 g/mol. The van der Waals surface area contributed by atoms with Gasteiger partial charge in [-0.25, -0.2) is 0 Å². The summed E-state index contributed by atoms with van der Waals surface area (Å²) in [6.45, 7) is 0. The van der Waals surface area contributed by atoms with Crippen LogP contribution in [0.25, 0.3) is 0 Å². The highest BCUT2D eigenvalue weighted by molar-refractivity contribution is 6.35. The Balaban J connectivity index is 3.39. The molecule has 1 aromatic rings. The van der Waals surface area contributed by atoms with Crippen LogP contribution in [0.15, 0.2) is 12.1 Å². The molecule has 0 bridgehead atoms. The molecule has 4 heteroatoms. The molecule has 1 N–H and O–H groups in total. The number of phenols is 1. The van der Waals surface area contributed by atoms with Crippen LogP contribution < -0.4 is 0 Å². The molecule has 0 fully saturated rings. The Labute approximate surface area is 73.6 Å². The summed E-state index contributed by atoms with van der Waals surface area (Å²) in [5, 5.41) is 17.8. The Hall–Kier alpha value is -0.910. The first kappa shape index (κ1) is 8.19. The molecule has 0 heterocycles. The second kappa shape index (κ2) is 3.00. The molecule has 0 atom stereocenters. The number of aromatic hydroxyl groups is 1. The molecular formula is C7H3Cl2NO. The van der Waals surface area contributed by atoms with Gasteiger partial charge in [0.1, 0.15) is 16.8 Å². The van der Waals surface area contributed by atoms with Crippen LogP contribution in [-0.2, 0) is 0 Å². The van der Waals surface area contributed by atoms with Crippen molar-refractivity contribution in [2.24, 2.45) is 0 Å². The zero-order valence-electron chi connectivity index (χ0n) is 5.31. The fraction of sp³-hybridized carbons (Fsp3) is 0. The molecule has 0 radical (unpaired) electrons. The molecule has 56 valence electrons. The highest BCUT2D eigenvalue weighted by Gasteiger charge is 2.05. The quantitative estimate of drug-likeness (QED) is 0.679. The van der Waals surface area contributed by atoms with E-state index in [0.29, 0.717) is 5.02 Å². The number of hydrogen-bond acceptors (Lipinski definition) is 2. The van der Waals surface area contributed by atoms with Crippen molar-refractivity contribution in [1.29, 1.82) is 5.26 Å². The molecule has 0 aromatic heterocycles. The van der Waals surface area contributed by atoms with Gasteiger partial charge in [-0.05, 0) is 6.07 Å². The number of nitrogens with zero attached hydrogens (tertiary/aromatic N) is 1. The van der Waals surface area contributed by atoms with E-state index in [4.69, 9.17) is 33.6 Å². The maximum absolute atomic E-state index is 9.04. The Kier molecular flexibility index (Phi) is 2.23. The minimum atomic E-state index is -0.171. The van der Waals surface area contributed by atoms with Crippen LogP contribution in [0.4, 0.5) is 0 Å². The van der Waals surface area contributed by atoms with Crippen molar-refractivity contribution in [2.75, 3.05) is 0 Å². The number of nitriles is 1. The van der Waals surface area contributed by atoms with Crippen LogP contribution in [0.5, 0.6) is 5.75 Å². The summed E-state index contributed by atoms with van der Waals surface area (Å²) in [6, 6.07) is 4.48. The Morgan fingerprint density at radius 3 is 2.55 bits per heavy atom. The molecule has 0 spiro atoms. The average Bonchev–Trinajstić information content (AvgIpc) is 1.96. The van der Waals surface area contributed by atoms with Gasteiger partial charge in [0.05, 0.1) is 5.56 Å². The third-order valence-electron chi connectivity index (χ3n) is 1.14. The zero-order valence-corrected chi connectivity index (χ0v) is 6.82. The number of halogens is 2. The van der Waals surface area contributed by atoms with E-state index in [1.54, 1.807) is 6.07 Å². The third-order valence-corrected chi connectivity index (χ3v) is 1.75. The van der Waals surface area contributed by atoms with Crippen LogP contribution in [0.3, 0.4) is 0 Å². The summed E-state index contributed by atoms with van der Waals surface area (Å²) >= 11 is 11.1. The van der Waals surface area contributed by atoms with Gasteiger partial charge in [0, 0.05) is 11.1 Å². The van der Waals surface area contributed by atoms with Gasteiger partial charge in [-0.3, -0.25) is 0 Å². The van der Waals surface area contributed by atoms with Crippen LogP contribution in [0.1, 0.15) is 5.56 Å². The summed E-state index contributed by atoms with van der Waals surface area (Å²) in [7, 11) is 0. The second-order valence-corrected chi connectivity index (χ2v) is 2.71. The smallest absolute Gasteiger partial charge is 0.137 e. The van der Waals surface area contributed by atoms with Gasteiger partial charge in [-0.15, -0.1) is 0 Å². The zero-order chi connectivity index (χ0) is 8.43. The van der Waals surface area contributed by atoms with Gasteiger partial charge in [0.25, 0.3) is 0 Å². The molecule has 1 aromatic carbocycles. The number of benzene rings is 1. The molecule has 0 aliphatic carbocycles. The SMILES string of the molecule is N#Cc1cc(Cl)cc(O)c1Cl. The molecule has 0 aliphatic heterocycles. The van der Waals surface area contributed by atoms with Crippen molar-refractivity contribution in [3.63, 3.8) is 0 Å². The fourth-order valence-corrected chi connectivity index (χ4v) is 1.02. The van der Waals surface area contributed by atoms with E-state index in [9.17, 15) is 0 Å². The van der Waals surface area contributed by atoms with Crippen LogP contribution >= 0.6 is 23.2 Å². The Bertz CT molecular complexity index is 330. The normalized spacial score (nSPS) is 9.18. The van der Waals surface area contributed by atoms with E-state index >= 15 is 0 Å². The predicted octanol–water partition coefficient (Wildman–Crippen LogP) is 2.57. The molecular weight excluding hydrogens is 185 g/mol. The van der Waals surface area contributed by atoms with Crippen molar-refractivity contribution in [2.45, 2.75) is 0 Å².